The number of carbonyl (C=O) groups is 2. The van der Waals surface area contributed by atoms with Crippen molar-refractivity contribution in [3.05, 3.63) is 29.8 Å². The normalized spacial score (nSPS) is 10.5. The van der Waals surface area contributed by atoms with E-state index in [0.29, 0.717) is 36.1 Å². The summed E-state index contributed by atoms with van der Waals surface area (Å²) in [5, 5.41) is 6.15. The first-order valence-electron chi connectivity index (χ1n) is 8.66. The first kappa shape index (κ1) is 23.4. The lowest BCUT2D eigenvalue weighted by molar-refractivity contribution is -0.116. The van der Waals surface area contributed by atoms with Gasteiger partial charge in [-0.15, -0.1) is 12.4 Å². The van der Waals surface area contributed by atoms with Gasteiger partial charge in [0.25, 0.3) is 0 Å². The third-order valence-corrected chi connectivity index (χ3v) is 3.26. The molecule has 1 rings (SSSR count). The number of hydrogen-bond donors (Lipinski definition) is 2. The largest absolute Gasteiger partial charge is 0.462 e. The summed E-state index contributed by atoms with van der Waals surface area (Å²) in [7, 11) is 0. The van der Waals surface area contributed by atoms with Gasteiger partial charge in [-0.05, 0) is 55.6 Å². The van der Waals surface area contributed by atoms with Gasteiger partial charge in [0.15, 0.2) is 0 Å². The van der Waals surface area contributed by atoms with E-state index < -0.39 is 0 Å². The molecule has 0 spiro atoms. The van der Waals surface area contributed by atoms with Gasteiger partial charge in [0, 0.05) is 12.1 Å². The fraction of sp³-hybridized carbons (Fsp3) is 0.579. The molecule has 0 radical (unpaired) electrons. The summed E-state index contributed by atoms with van der Waals surface area (Å²) in [5.41, 5.74) is 1.18. The fourth-order valence-corrected chi connectivity index (χ4v) is 2.00. The molecule has 0 heterocycles. The van der Waals surface area contributed by atoms with Gasteiger partial charge < -0.3 is 15.4 Å². The summed E-state index contributed by atoms with van der Waals surface area (Å²) < 4.78 is 5.17. The highest BCUT2D eigenvalue weighted by Gasteiger charge is 2.09. The highest BCUT2D eigenvalue weighted by atomic mass is 35.5. The Morgan fingerprint density at radius 2 is 1.68 bits per heavy atom. The van der Waals surface area contributed by atoms with E-state index in [9.17, 15) is 9.59 Å². The van der Waals surface area contributed by atoms with Crippen molar-refractivity contribution >= 4 is 30.0 Å². The zero-order valence-electron chi connectivity index (χ0n) is 15.6. The molecule has 142 valence electrons. The summed E-state index contributed by atoms with van der Waals surface area (Å²) in [6.07, 6.45) is 1.28. The summed E-state index contributed by atoms with van der Waals surface area (Å²) >= 11 is 0. The number of rotatable bonds is 10. The number of esters is 1. The number of ether oxygens (including phenoxy) is 1. The molecule has 0 aliphatic heterocycles. The van der Waals surface area contributed by atoms with Crippen LogP contribution in [0, 0.1) is 11.8 Å². The minimum atomic E-state index is -0.335. The van der Waals surface area contributed by atoms with Crippen LogP contribution in [0.15, 0.2) is 24.3 Å². The maximum Gasteiger partial charge on any atom is 0.338 e. The third kappa shape index (κ3) is 10.8. The lowest BCUT2D eigenvalue weighted by Crippen LogP contribution is -2.22. The minimum Gasteiger partial charge on any atom is -0.462 e. The number of nitrogens with one attached hydrogen (secondary N) is 2. The van der Waals surface area contributed by atoms with Crippen LogP contribution in [0.1, 0.15) is 50.9 Å². The maximum atomic E-state index is 11.9. The van der Waals surface area contributed by atoms with Gasteiger partial charge >= 0.3 is 5.97 Å². The summed E-state index contributed by atoms with van der Waals surface area (Å²) in [6, 6.07) is 6.78. The molecule has 1 aromatic rings. The fourth-order valence-electron chi connectivity index (χ4n) is 2.00. The molecule has 0 saturated carbocycles. The Kier molecular flexibility index (Phi) is 11.9. The Morgan fingerprint density at radius 3 is 2.24 bits per heavy atom. The Labute approximate surface area is 157 Å². The van der Waals surface area contributed by atoms with Crippen LogP contribution in [0.4, 0.5) is 5.69 Å². The van der Waals surface area contributed by atoms with Crippen LogP contribution in [0.2, 0.25) is 0 Å². The van der Waals surface area contributed by atoms with Crippen molar-refractivity contribution in [2.24, 2.45) is 11.8 Å². The van der Waals surface area contributed by atoms with Crippen molar-refractivity contribution in [3.8, 4) is 0 Å². The monoisotopic (exact) mass is 370 g/mol. The molecule has 2 N–H and O–H groups in total. The number of benzene rings is 1. The Balaban J connectivity index is 0.00000576. The molecule has 0 fully saturated rings. The van der Waals surface area contributed by atoms with Gasteiger partial charge in [0.2, 0.25) is 5.91 Å². The van der Waals surface area contributed by atoms with E-state index in [2.05, 4.69) is 24.5 Å². The lowest BCUT2D eigenvalue weighted by atomic mass is 10.2. The average molecular weight is 371 g/mol. The van der Waals surface area contributed by atoms with Gasteiger partial charge in [0.1, 0.15) is 0 Å². The zero-order valence-corrected chi connectivity index (χ0v) is 16.4. The SMILES string of the molecule is CC(C)CNCCCC(=O)Nc1ccc(C(=O)OCC(C)C)cc1.Cl. The van der Waals surface area contributed by atoms with Crippen LogP contribution in [0.25, 0.3) is 0 Å². The molecule has 0 bridgehead atoms. The molecule has 0 unspecified atom stereocenters. The van der Waals surface area contributed by atoms with Gasteiger partial charge in [-0.2, -0.15) is 0 Å². The van der Waals surface area contributed by atoms with E-state index in [0.717, 1.165) is 19.5 Å². The lowest BCUT2D eigenvalue weighted by Gasteiger charge is -2.09. The van der Waals surface area contributed by atoms with E-state index in [-0.39, 0.29) is 24.3 Å². The summed E-state index contributed by atoms with van der Waals surface area (Å²) in [6.45, 7) is 10.5. The van der Waals surface area contributed by atoms with Gasteiger partial charge in [0.05, 0.1) is 12.2 Å². The zero-order chi connectivity index (χ0) is 17.9. The number of anilines is 1. The standard InChI is InChI=1S/C19H30N2O3.ClH/c1-14(2)12-20-11-5-6-18(22)21-17-9-7-16(8-10-17)19(23)24-13-15(3)4;/h7-10,14-15,20H,5-6,11-13H2,1-4H3,(H,21,22);1H. The molecule has 0 aromatic heterocycles. The highest BCUT2D eigenvalue weighted by Crippen LogP contribution is 2.11. The van der Waals surface area contributed by atoms with Crippen molar-refractivity contribution in [1.29, 1.82) is 0 Å². The predicted octanol–water partition coefficient (Wildman–Crippen LogP) is 3.89. The van der Waals surface area contributed by atoms with E-state index >= 15 is 0 Å². The highest BCUT2D eigenvalue weighted by molar-refractivity contribution is 5.93. The predicted molar refractivity (Wildman–Crippen MR) is 104 cm³/mol. The molecule has 0 aliphatic rings. The van der Waals surface area contributed by atoms with E-state index in [1.807, 2.05) is 13.8 Å². The molecule has 0 saturated heterocycles. The van der Waals surface area contributed by atoms with Crippen molar-refractivity contribution in [2.75, 3.05) is 25.0 Å². The molecule has 25 heavy (non-hydrogen) atoms. The maximum absolute atomic E-state index is 11.9. The van der Waals surface area contributed by atoms with E-state index in [1.165, 1.54) is 0 Å². The quantitative estimate of drug-likeness (QED) is 0.484. The van der Waals surface area contributed by atoms with Crippen LogP contribution in [0.3, 0.4) is 0 Å². The molecule has 1 amide bonds. The second-order valence-corrected chi connectivity index (χ2v) is 6.82. The second kappa shape index (κ2) is 12.7. The van der Waals surface area contributed by atoms with Crippen LogP contribution in [-0.2, 0) is 9.53 Å². The molecule has 1 aromatic carbocycles. The number of carbonyl (C=O) groups excluding carboxylic acids is 2. The number of halogens is 1. The Morgan fingerprint density at radius 1 is 1.04 bits per heavy atom. The summed E-state index contributed by atoms with van der Waals surface area (Å²) in [5.74, 6) is 0.571. The molecular formula is C19H31ClN2O3. The topological polar surface area (TPSA) is 67.4 Å². The van der Waals surface area contributed by atoms with Crippen molar-refractivity contribution in [2.45, 2.75) is 40.5 Å². The average Bonchev–Trinajstić information content (AvgIpc) is 2.52. The van der Waals surface area contributed by atoms with Gasteiger partial charge in [-0.25, -0.2) is 4.79 Å². The smallest absolute Gasteiger partial charge is 0.338 e. The third-order valence-electron chi connectivity index (χ3n) is 3.26. The van der Waals surface area contributed by atoms with Crippen molar-refractivity contribution in [3.63, 3.8) is 0 Å². The first-order valence-corrected chi connectivity index (χ1v) is 8.66. The Hall–Kier alpha value is -1.59. The minimum absolute atomic E-state index is 0. The second-order valence-electron chi connectivity index (χ2n) is 6.82. The van der Waals surface area contributed by atoms with Gasteiger partial charge in [-0.3, -0.25) is 4.79 Å². The van der Waals surface area contributed by atoms with Crippen LogP contribution < -0.4 is 10.6 Å². The first-order chi connectivity index (χ1) is 11.4. The van der Waals surface area contributed by atoms with Gasteiger partial charge in [-0.1, -0.05) is 27.7 Å². The molecule has 0 atom stereocenters. The van der Waals surface area contributed by atoms with Crippen LogP contribution in [-0.4, -0.2) is 31.6 Å². The Bertz CT molecular complexity index is 516. The van der Waals surface area contributed by atoms with E-state index in [1.54, 1.807) is 24.3 Å². The number of amides is 1. The van der Waals surface area contributed by atoms with E-state index in [4.69, 9.17) is 4.74 Å². The summed E-state index contributed by atoms with van der Waals surface area (Å²) in [4.78, 5) is 23.7. The number of hydrogen-bond acceptors (Lipinski definition) is 4. The van der Waals surface area contributed by atoms with Crippen LogP contribution in [0.5, 0.6) is 0 Å². The van der Waals surface area contributed by atoms with Crippen molar-refractivity contribution in [1.82, 2.24) is 5.32 Å². The molecular weight excluding hydrogens is 340 g/mol. The molecule has 5 nitrogen and oxygen atoms in total. The van der Waals surface area contributed by atoms with Crippen molar-refractivity contribution < 1.29 is 14.3 Å². The molecule has 6 heteroatoms. The molecule has 0 aliphatic carbocycles. The van der Waals surface area contributed by atoms with Crippen LogP contribution >= 0.6 is 12.4 Å².